The lowest BCUT2D eigenvalue weighted by Gasteiger charge is -2.27. The van der Waals surface area contributed by atoms with Crippen LogP contribution in [0, 0.1) is 0 Å². The van der Waals surface area contributed by atoms with Crippen LogP contribution in [0.2, 0.25) is 0 Å². The lowest BCUT2D eigenvalue weighted by molar-refractivity contribution is 0.394. The number of guanidine groups is 1. The van der Waals surface area contributed by atoms with Crippen molar-refractivity contribution in [2.24, 2.45) is 4.99 Å². The molecule has 0 aromatic heterocycles. The topological polar surface area (TPSA) is 71.0 Å². The Hall–Kier alpha value is -2.54. The molecule has 0 heterocycles. The van der Waals surface area contributed by atoms with Crippen LogP contribution in [0.3, 0.4) is 0 Å². The lowest BCUT2D eigenvalue weighted by atomic mass is 10.2. The molecular formula is C22H31N3O3S. The molecule has 0 saturated heterocycles. The van der Waals surface area contributed by atoms with Gasteiger partial charge in [0.25, 0.3) is 0 Å². The molecule has 1 unspecified atom stereocenters. The van der Waals surface area contributed by atoms with Crippen molar-refractivity contribution >= 4 is 15.8 Å². The monoisotopic (exact) mass is 417 g/mol. The summed E-state index contributed by atoms with van der Waals surface area (Å²) in [4.78, 5) is 6.89. The van der Waals surface area contributed by atoms with Crippen LogP contribution in [-0.2, 0) is 16.4 Å². The highest BCUT2D eigenvalue weighted by molar-refractivity contribution is 7.91. The van der Waals surface area contributed by atoms with E-state index >= 15 is 0 Å². The highest BCUT2D eigenvalue weighted by atomic mass is 32.2. The van der Waals surface area contributed by atoms with Gasteiger partial charge in [-0.2, -0.15) is 0 Å². The van der Waals surface area contributed by atoms with E-state index in [-0.39, 0.29) is 11.8 Å². The number of hydrogen-bond acceptors (Lipinski definition) is 4. The zero-order chi connectivity index (χ0) is 21.3. The fourth-order valence-electron chi connectivity index (χ4n) is 3.02. The second-order valence-electron chi connectivity index (χ2n) is 6.81. The molecule has 7 heteroatoms. The van der Waals surface area contributed by atoms with Crippen LogP contribution >= 0.6 is 0 Å². The molecular weight excluding hydrogens is 386 g/mol. The second kappa shape index (κ2) is 10.9. The smallest absolute Gasteiger partial charge is 0.194 e. The van der Waals surface area contributed by atoms with Gasteiger partial charge in [0.05, 0.1) is 17.8 Å². The molecule has 29 heavy (non-hydrogen) atoms. The van der Waals surface area contributed by atoms with E-state index in [2.05, 4.69) is 10.3 Å². The van der Waals surface area contributed by atoms with Gasteiger partial charge in [-0.3, -0.25) is 4.99 Å². The lowest BCUT2D eigenvalue weighted by Crippen LogP contribution is -2.46. The number of benzene rings is 2. The van der Waals surface area contributed by atoms with E-state index in [9.17, 15) is 8.42 Å². The minimum atomic E-state index is -3.38. The molecule has 158 valence electrons. The first-order valence-electron chi connectivity index (χ1n) is 9.83. The minimum absolute atomic E-state index is 0.0126. The van der Waals surface area contributed by atoms with Crippen LogP contribution < -0.4 is 10.1 Å². The molecule has 2 rings (SSSR count). The van der Waals surface area contributed by atoms with E-state index in [1.807, 2.05) is 56.1 Å². The van der Waals surface area contributed by atoms with Gasteiger partial charge < -0.3 is 15.0 Å². The summed E-state index contributed by atoms with van der Waals surface area (Å²) >= 11 is 0. The van der Waals surface area contributed by atoms with Crippen molar-refractivity contribution in [2.75, 3.05) is 26.5 Å². The summed E-state index contributed by atoms with van der Waals surface area (Å²) < 4.78 is 31.0. The Bertz CT molecular complexity index is 899. The Morgan fingerprint density at radius 3 is 2.38 bits per heavy atom. The van der Waals surface area contributed by atoms with Crippen molar-refractivity contribution in [3.05, 3.63) is 60.2 Å². The fourth-order valence-corrected chi connectivity index (χ4v) is 4.64. The average molecular weight is 418 g/mol. The largest absolute Gasteiger partial charge is 0.496 e. The third kappa shape index (κ3) is 6.49. The molecule has 2 aromatic carbocycles. The number of nitrogens with one attached hydrogen (secondary N) is 1. The van der Waals surface area contributed by atoms with Crippen LogP contribution in [0.1, 0.15) is 25.8 Å². The van der Waals surface area contributed by atoms with Crippen LogP contribution in [-0.4, -0.2) is 51.8 Å². The molecule has 1 N–H and O–H groups in total. The van der Waals surface area contributed by atoms with Gasteiger partial charge in [0.1, 0.15) is 5.75 Å². The summed E-state index contributed by atoms with van der Waals surface area (Å²) in [5.74, 6) is 1.50. The Balaban J connectivity index is 2.14. The average Bonchev–Trinajstić information content (AvgIpc) is 2.73. The predicted octanol–water partition coefficient (Wildman–Crippen LogP) is 3.35. The van der Waals surface area contributed by atoms with Crippen LogP contribution in [0.5, 0.6) is 5.75 Å². The first-order chi connectivity index (χ1) is 13.9. The van der Waals surface area contributed by atoms with E-state index < -0.39 is 9.84 Å². The zero-order valence-corrected chi connectivity index (χ0v) is 18.4. The molecule has 0 saturated carbocycles. The first kappa shape index (κ1) is 22.7. The minimum Gasteiger partial charge on any atom is -0.496 e. The highest BCUT2D eigenvalue weighted by Gasteiger charge is 2.22. The number of methoxy groups -OCH3 is 1. The SMILES string of the molecule is CCN=C(NC(CC)CS(=O)(=O)c1ccccc1)N(C)Cc1ccccc1OC. The molecule has 0 aliphatic rings. The van der Waals surface area contributed by atoms with E-state index in [0.717, 1.165) is 11.3 Å². The zero-order valence-electron chi connectivity index (χ0n) is 17.6. The molecule has 6 nitrogen and oxygen atoms in total. The van der Waals surface area contributed by atoms with Gasteiger partial charge in [0.15, 0.2) is 15.8 Å². The number of sulfone groups is 1. The summed E-state index contributed by atoms with van der Waals surface area (Å²) in [7, 11) is 0.206. The Morgan fingerprint density at radius 1 is 1.10 bits per heavy atom. The number of para-hydroxylation sites is 1. The molecule has 0 spiro atoms. The van der Waals surface area contributed by atoms with Gasteiger partial charge in [0, 0.05) is 31.7 Å². The number of hydrogen-bond donors (Lipinski definition) is 1. The summed E-state index contributed by atoms with van der Waals surface area (Å²) in [5, 5.41) is 3.34. The molecule has 1 atom stereocenters. The van der Waals surface area contributed by atoms with E-state index in [4.69, 9.17) is 4.74 Å². The van der Waals surface area contributed by atoms with Gasteiger partial charge in [-0.05, 0) is 31.5 Å². The van der Waals surface area contributed by atoms with Crippen LogP contribution in [0.25, 0.3) is 0 Å². The summed E-state index contributed by atoms with van der Waals surface area (Å²) in [6.07, 6.45) is 0.664. The van der Waals surface area contributed by atoms with E-state index in [0.29, 0.717) is 30.4 Å². The predicted molar refractivity (Wildman–Crippen MR) is 118 cm³/mol. The van der Waals surface area contributed by atoms with Crippen molar-refractivity contribution in [1.29, 1.82) is 0 Å². The maximum atomic E-state index is 12.8. The van der Waals surface area contributed by atoms with Crippen LogP contribution in [0.15, 0.2) is 64.5 Å². The van der Waals surface area contributed by atoms with Gasteiger partial charge in [0.2, 0.25) is 0 Å². The van der Waals surface area contributed by atoms with E-state index in [1.165, 1.54) is 0 Å². The van der Waals surface area contributed by atoms with Crippen molar-refractivity contribution in [1.82, 2.24) is 10.2 Å². The first-order valence-corrected chi connectivity index (χ1v) is 11.5. The third-order valence-electron chi connectivity index (χ3n) is 4.62. The number of aliphatic imine (C=N–C) groups is 1. The number of rotatable bonds is 9. The molecule has 0 bridgehead atoms. The quantitative estimate of drug-likeness (QED) is 0.500. The van der Waals surface area contributed by atoms with Crippen molar-refractivity contribution in [3.63, 3.8) is 0 Å². The van der Waals surface area contributed by atoms with Gasteiger partial charge >= 0.3 is 0 Å². The maximum absolute atomic E-state index is 12.8. The second-order valence-corrected chi connectivity index (χ2v) is 8.84. The maximum Gasteiger partial charge on any atom is 0.194 e. The molecule has 0 aliphatic carbocycles. The summed E-state index contributed by atoms with van der Waals surface area (Å²) in [5.41, 5.74) is 1.04. The number of ether oxygens (including phenoxy) is 1. The highest BCUT2D eigenvalue weighted by Crippen LogP contribution is 2.19. The molecule has 0 amide bonds. The molecule has 0 aliphatic heterocycles. The van der Waals surface area contributed by atoms with Crippen molar-refractivity contribution in [2.45, 2.75) is 37.8 Å². The van der Waals surface area contributed by atoms with Gasteiger partial charge in [-0.25, -0.2) is 8.42 Å². The molecule has 0 fully saturated rings. The Kier molecular flexibility index (Phi) is 8.51. The van der Waals surface area contributed by atoms with Gasteiger partial charge in [-0.15, -0.1) is 0 Å². The fraction of sp³-hybridized carbons (Fsp3) is 0.409. The molecule has 2 aromatic rings. The normalized spacial score (nSPS) is 13.0. The standard InChI is InChI=1S/C22H31N3O3S/c1-5-19(17-29(26,27)20-13-8-7-9-14-20)24-22(23-6-2)25(3)16-18-12-10-11-15-21(18)28-4/h7-15,19H,5-6,16-17H2,1-4H3,(H,23,24). The third-order valence-corrected chi connectivity index (χ3v) is 6.45. The summed E-state index contributed by atoms with van der Waals surface area (Å²) in [6.45, 7) is 5.13. The Morgan fingerprint density at radius 2 is 1.76 bits per heavy atom. The van der Waals surface area contributed by atoms with Crippen molar-refractivity contribution in [3.8, 4) is 5.75 Å². The van der Waals surface area contributed by atoms with Crippen LogP contribution in [0.4, 0.5) is 0 Å². The number of nitrogens with zero attached hydrogens (tertiary/aromatic N) is 2. The Labute approximate surface area is 174 Å². The summed E-state index contributed by atoms with van der Waals surface area (Å²) in [6, 6.07) is 16.2. The van der Waals surface area contributed by atoms with Crippen molar-refractivity contribution < 1.29 is 13.2 Å². The van der Waals surface area contributed by atoms with E-state index in [1.54, 1.807) is 31.4 Å². The van der Waals surface area contributed by atoms with Gasteiger partial charge in [-0.1, -0.05) is 43.3 Å². The molecule has 0 radical (unpaired) electrons.